The molecule has 6 heteroatoms. The van der Waals surface area contributed by atoms with Crippen LogP contribution < -0.4 is 5.32 Å². The van der Waals surface area contributed by atoms with Gasteiger partial charge in [0, 0.05) is 12.8 Å². The lowest BCUT2D eigenvalue weighted by Gasteiger charge is -2.22. The molecule has 6 nitrogen and oxygen atoms in total. The molecule has 0 saturated heterocycles. The fraction of sp³-hybridized carbons (Fsp3) is 0.943. The van der Waals surface area contributed by atoms with Gasteiger partial charge in [-0.25, -0.2) is 0 Å². The fourth-order valence-electron chi connectivity index (χ4n) is 11.2. The SMILES string of the molecule is CCCCCCCCCCCCCCCCCCCCCCCCCC(O)C(CO)NC(=O)CCCCCCCCCC/C=C\CCCCCCCCCCCCCCOC(=O)CCCCCCCCCCCCCC. The highest BCUT2D eigenvalue weighted by Gasteiger charge is 2.20. The van der Waals surface area contributed by atoms with Gasteiger partial charge >= 0.3 is 5.97 Å². The minimum Gasteiger partial charge on any atom is -0.466 e. The first-order chi connectivity index (χ1) is 37.5. The Morgan fingerprint density at radius 2 is 0.618 bits per heavy atom. The highest BCUT2D eigenvalue weighted by molar-refractivity contribution is 5.76. The van der Waals surface area contributed by atoms with Crippen LogP contribution in [0.15, 0.2) is 12.2 Å². The molecule has 1 amide bonds. The van der Waals surface area contributed by atoms with Crippen molar-refractivity contribution in [3.63, 3.8) is 0 Å². The van der Waals surface area contributed by atoms with Crippen molar-refractivity contribution >= 4 is 11.9 Å². The van der Waals surface area contributed by atoms with Gasteiger partial charge in [-0.1, -0.05) is 347 Å². The second kappa shape index (κ2) is 66.1. The maximum absolute atomic E-state index is 12.5. The monoisotopic (exact) mass is 1070 g/mol. The molecule has 0 fully saturated rings. The lowest BCUT2D eigenvalue weighted by molar-refractivity contribution is -0.143. The molecular weight excluding hydrogens is 935 g/mol. The van der Waals surface area contributed by atoms with Gasteiger partial charge in [0.15, 0.2) is 0 Å². The van der Waals surface area contributed by atoms with Gasteiger partial charge in [0.2, 0.25) is 5.91 Å². The van der Waals surface area contributed by atoms with Crippen molar-refractivity contribution < 1.29 is 24.5 Å². The van der Waals surface area contributed by atoms with E-state index < -0.39 is 12.1 Å². The number of carbonyl (C=O) groups is 2. The van der Waals surface area contributed by atoms with Crippen molar-refractivity contribution in [2.45, 2.75) is 411 Å². The van der Waals surface area contributed by atoms with E-state index in [1.807, 2.05) is 0 Å². The average Bonchev–Trinajstić information content (AvgIpc) is 3.42. The van der Waals surface area contributed by atoms with Crippen molar-refractivity contribution in [2.24, 2.45) is 0 Å². The second-order valence-electron chi connectivity index (χ2n) is 24.2. The number of amides is 1. The predicted octanol–water partition coefficient (Wildman–Crippen LogP) is 22.4. The van der Waals surface area contributed by atoms with E-state index in [1.54, 1.807) is 0 Å². The Kier molecular flexibility index (Phi) is 64.9. The van der Waals surface area contributed by atoms with Gasteiger partial charge in [0.05, 0.1) is 25.4 Å². The summed E-state index contributed by atoms with van der Waals surface area (Å²) in [7, 11) is 0. The number of rotatable bonds is 66. The van der Waals surface area contributed by atoms with Crippen LogP contribution in [-0.2, 0) is 14.3 Å². The molecule has 0 bridgehead atoms. The third-order valence-corrected chi connectivity index (χ3v) is 16.6. The number of aliphatic hydroxyl groups excluding tert-OH is 2. The van der Waals surface area contributed by atoms with Crippen molar-refractivity contribution in [3.8, 4) is 0 Å². The number of esters is 1. The number of carbonyl (C=O) groups excluding carboxylic acids is 2. The topological polar surface area (TPSA) is 95.9 Å². The quantitative estimate of drug-likeness (QED) is 0.0320. The van der Waals surface area contributed by atoms with Crippen LogP contribution in [0.4, 0.5) is 0 Å². The van der Waals surface area contributed by atoms with E-state index >= 15 is 0 Å². The number of hydrogen-bond donors (Lipinski definition) is 3. The maximum atomic E-state index is 12.5. The summed E-state index contributed by atoms with van der Waals surface area (Å²) in [6.07, 6.45) is 81.1. The van der Waals surface area contributed by atoms with Crippen LogP contribution in [0.1, 0.15) is 399 Å². The minimum atomic E-state index is -0.668. The Balaban J connectivity index is 3.40. The highest BCUT2D eigenvalue weighted by atomic mass is 16.5. The number of unbranched alkanes of at least 4 members (excludes halogenated alkanes) is 53. The van der Waals surface area contributed by atoms with Gasteiger partial charge in [0.25, 0.3) is 0 Å². The molecule has 0 aromatic heterocycles. The first-order valence-corrected chi connectivity index (χ1v) is 34.9. The van der Waals surface area contributed by atoms with Gasteiger partial charge < -0.3 is 20.3 Å². The third-order valence-electron chi connectivity index (χ3n) is 16.6. The average molecular weight is 1070 g/mol. The second-order valence-corrected chi connectivity index (χ2v) is 24.2. The molecule has 0 spiro atoms. The number of hydrogen-bond acceptors (Lipinski definition) is 5. The normalized spacial score (nSPS) is 12.5. The number of ether oxygens (including phenoxy) is 1. The molecule has 2 unspecified atom stereocenters. The van der Waals surface area contributed by atoms with Gasteiger partial charge in [-0.2, -0.15) is 0 Å². The molecule has 3 N–H and O–H groups in total. The zero-order chi connectivity index (χ0) is 55.0. The predicted molar refractivity (Wildman–Crippen MR) is 333 cm³/mol. The summed E-state index contributed by atoms with van der Waals surface area (Å²) in [5.41, 5.74) is 0. The van der Waals surface area contributed by atoms with Gasteiger partial charge in [-0.15, -0.1) is 0 Å². The number of allylic oxidation sites excluding steroid dienone is 2. The molecule has 0 aliphatic rings. The van der Waals surface area contributed by atoms with Gasteiger partial charge in [-0.3, -0.25) is 9.59 Å². The number of nitrogens with one attached hydrogen (secondary N) is 1. The van der Waals surface area contributed by atoms with E-state index in [9.17, 15) is 19.8 Å². The Hall–Kier alpha value is -1.40. The largest absolute Gasteiger partial charge is 0.466 e. The van der Waals surface area contributed by atoms with Crippen molar-refractivity contribution in [3.05, 3.63) is 12.2 Å². The lowest BCUT2D eigenvalue weighted by Crippen LogP contribution is -2.45. The summed E-state index contributed by atoms with van der Waals surface area (Å²) in [5, 5.41) is 23.4. The van der Waals surface area contributed by atoms with Gasteiger partial charge in [0.1, 0.15) is 0 Å². The van der Waals surface area contributed by atoms with Crippen molar-refractivity contribution in [2.75, 3.05) is 13.2 Å². The third kappa shape index (κ3) is 61.8. The van der Waals surface area contributed by atoms with E-state index in [0.717, 1.165) is 38.5 Å². The molecule has 0 aliphatic heterocycles. The van der Waals surface area contributed by atoms with Crippen LogP contribution in [0.25, 0.3) is 0 Å². The highest BCUT2D eigenvalue weighted by Crippen LogP contribution is 2.19. The van der Waals surface area contributed by atoms with Crippen LogP contribution in [-0.4, -0.2) is 47.4 Å². The van der Waals surface area contributed by atoms with Crippen molar-refractivity contribution in [1.29, 1.82) is 0 Å². The van der Waals surface area contributed by atoms with E-state index in [1.165, 1.54) is 327 Å². The summed E-state index contributed by atoms with van der Waals surface area (Å²) < 4.78 is 5.48. The summed E-state index contributed by atoms with van der Waals surface area (Å²) in [5.74, 6) is -0.0201. The minimum absolute atomic E-state index is 0.0143. The van der Waals surface area contributed by atoms with Crippen LogP contribution in [0.2, 0.25) is 0 Å². The summed E-state index contributed by atoms with van der Waals surface area (Å²) in [4.78, 5) is 24.6. The first-order valence-electron chi connectivity index (χ1n) is 34.9. The lowest BCUT2D eigenvalue weighted by atomic mass is 10.0. The summed E-state index contributed by atoms with van der Waals surface area (Å²) >= 11 is 0. The molecule has 0 aliphatic carbocycles. The summed E-state index contributed by atoms with van der Waals surface area (Å²) in [6.45, 7) is 4.99. The van der Waals surface area contributed by atoms with Gasteiger partial charge in [-0.05, 0) is 51.4 Å². The molecule has 0 aromatic carbocycles. The molecule has 2 atom stereocenters. The van der Waals surface area contributed by atoms with E-state index in [4.69, 9.17) is 4.74 Å². The Morgan fingerprint density at radius 1 is 0.355 bits per heavy atom. The molecule has 0 radical (unpaired) electrons. The maximum Gasteiger partial charge on any atom is 0.305 e. The van der Waals surface area contributed by atoms with Crippen LogP contribution in [0.5, 0.6) is 0 Å². The molecule has 0 saturated carbocycles. The Bertz CT molecular complexity index is 1140. The molecule has 0 rings (SSSR count). The van der Waals surface area contributed by atoms with Crippen LogP contribution in [0, 0.1) is 0 Å². The standard InChI is InChI=1S/C70H137NO5/c1-3-5-7-9-11-13-15-17-18-19-20-21-24-27-30-33-36-39-42-46-50-54-58-62-68(73)67(66-72)71-69(74)63-59-55-51-47-43-40-37-34-31-28-25-22-23-26-29-32-35-38-41-45-49-53-57-61-65-76-70(75)64-60-56-52-48-44-16-14-12-10-8-6-4-2/h25,28,67-68,72-73H,3-24,26-27,29-66H2,1-2H3,(H,71,74)/b28-25-. The van der Waals surface area contributed by atoms with E-state index in [0.29, 0.717) is 25.9 Å². The number of aliphatic hydroxyl groups is 2. The molecule has 0 heterocycles. The van der Waals surface area contributed by atoms with Crippen LogP contribution >= 0.6 is 0 Å². The smallest absolute Gasteiger partial charge is 0.305 e. The Morgan fingerprint density at radius 3 is 0.934 bits per heavy atom. The Labute approximate surface area is 476 Å². The zero-order valence-electron chi connectivity index (χ0n) is 51.8. The molecule has 0 aromatic rings. The van der Waals surface area contributed by atoms with E-state index in [2.05, 4.69) is 31.3 Å². The molecular formula is C70H137NO5. The van der Waals surface area contributed by atoms with E-state index in [-0.39, 0.29) is 18.5 Å². The zero-order valence-corrected chi connectivity index (χ0v) is 51.8. The fourth-order valence-corrected chi connectivity index (χ4v) is 11.2. The van der Waals surface area contributed by atoms with Crippen molar-refractivity contribution in [1.82, 2.24) is 5.32 Å². The molecule has 452 valence electrons. The first kappa shape index (κ1) is 74.6. The molecule has 76 heavy (non-hydrogen) atoms. The summed E-state index contributed by atoms with van der Waals surface area (Å²) in [6, 6.07) is -0.545. The van der Waals surface area contributed by atoms with Crippen LogP contribution in [0.3, 0.4) is 0 Å².